The highest BCUT2D eigenvalue weighted by atomic mass is 127. The van der Waals surface area contributed by atoms with Crippen molar-refractivity contribution in [2.24, 2.45) is 10.8 Å². The predicted octanol–water partition coefficient (Wildman–Crippen LogP) is 2.63. The lowest BCUT2D eigenvalue weighted by Crippen LogP contribution is -2.24. The Labute approximate surface area is 138 Å². The Morgan fingerprint density at radius 2 is 2.28 bits per heavy atom. The first-order chi connectivity index (χ1) is 8.54. The molecule has 0 aromatic heterocycles. The smallest absolute Gasteiger partial charge is 0.184 e. The van der Waals surface area contributed by atoms with Gasteiger partial charge in [-0.2, -0.15) is 5.10 Å². The van der Waals surface area contributed by atoms with E-state index in [1.54, 1.807) is 12.3 Å². The minimum absolute atomic E-state index is 0.125. The molecule has 4 nitrogen and oxygen atoms in total. The van der Waals surface area contributed by atoms with Crippen LogP contribution in [0.1, 0.15) is 5.56 Å². The van der Waals surface area contributed by atoms with Crippen LogP contribution in [0.15, 0.2) is 29.9 Å². The van der Waals surface area contributed by atoms with Crippen LogP contribution in [0.2, 0.25) is 0 Å². The normalized spacial score (nSPS) is 10.3. The molecule has 1 aromatic rings. The maximum Gasteiger partial charge on any atom is 0.184 e. The van der Waals surface area contributed by atoms with Gasteiger partial charge in [0.2, 0.25) is 0 Å². The van der Waals surface area contributed by atoms with Crippen LogP contribution in [0.5, 0.6) is 5.75 Å². The van der Waals surface area contributed by atoms with E-state index in [4.69, 9.17) is 10.5 Å². The van der Waals surface area contributed by atoms with Crippen LogP contribution in [0.25, 0.3) is 0 Å². The molecule has 0 aliphatic carbocycles. The van der Waals surface area contributed by atoms with Crippen LogP contribution >= 0.6 is 57.4 Å². The number of rotatable bonds is 5. The molecule has 0 spiro atoms. The van der Waals surface area contributed by atoms with Gasteiger partial charge in [-0.1, -0.05) is 12.7 Å². The van der Waals surface area contributed by atoms with Crippen molar-refractivity contribution in [3.05, 3.63) is 37.5 Å². The standard InChI is InChI=1S/C11H11I2N3OS/c1-2-3-17-10-7(6-15-16-11(14)18)4-8(12)5-9(10)13/h2,4-6H,1,3H2,(H3,14,16,18)/b15-6-. The van der Waals surface area contributed by atoms with E-state index in [9.17, 15) is 0 Å². The number of nitrogens with zero attached hydrogens (tertiary/aromatic N) is 1. The number of nitrogens with two attached hydrogens (primary N) is 1. The SMILES string of the molecule is C=CCOc1c(I)cc(I)cc1/C=N\NC(N)=S. The van der Waals surface area contributed by atoms with E-state index in [1.165, 1.54) is 0 Å². The molecular weight excluding hydrogens is 476 g/mol. The quantitative estimate of drug-likeness (QED) is 0.221. The average Bonchev–Trinajstić information content (AvgIpc) is 2.27. The molecule has 0 aliphatic rings. The molecule has 1 rings (SSSR count). The van der Waals surface area contributed by atoms with Gasteiger partial charge in [-0.3, -0.25) is 5.43 Å². The Kier molecular flexibility index (Phi) is 6.86. The summed E-state index contributed by atoms with van der Waals surface area (Å²) in [4.78, 5) is 0. The molecule has 1 aromatic carbocycles. The van der Waals surface area contributed by atoms with Gasteiger partial charge in [0.05, 0.1) is 9.78 Å². The lowest BCUT2D eigenvalue weighted by atomic mass is 10.2. The first-order valence-corrected chi connectivity index (χ1v) is 7.42. The summed E-state index contributed by atoms with van der Waals surface area (Å²) in [7, 11) is 0. The summed E-state index contributed by atoms with van der Waals surface area (Å²) < 4.78 is 7.73. The molecule has 0 saturated carbocycles. The van der Waals surface area contributed by atoms with E-state index in [-0.39, 0.29) is 5.11 Å². The van der Waals surface area contributed by atoms with Crippen molar-refractivity contribution in [2.75, 3.05) is 6.61 Å². The Morgan fingerprint density at radius 3 is 2.89 bits per heavy atom. The van der Waals surface area contributed by atoms with Crippen molar-refractivity contribution in [2.45, 2.75) is 0 Å². The van der Waals surface area contributed by atoms with Crippen LogP contribution < -0.4 is 15.9 Å². The lowest BCUT2D eigenvalue weighted by Gasteiger charge is -2.10. The molecule has 0 radical (unpaired) electrons. The summed E-state index contributed by atoms with van der Waals surface area (Å²) in [5.41, 5.74) is 8.67. The van der Waals surface area contributed by atoms with E-state index in [0.717, 1.165) is 18.5 Å². The average molecular weight is 487 g/mol. The number of ether oxygens (including phenoxy) is 1. The summed E-state index contributed by atoms with van der Waals surface area (Å²) >= 11 is 9.13. The lowest BCUT2D eigenvalue weighted by molar-refractivity contribution is 0.360. The topological polar surface area (TPSA) is 59.6 Å². The summed E-state index contributed by atoms with van der Waals surface area (Å²) in [6.07, 6.45) is 3.32. The second-order valence-electron chi connectivity index (χ2n) is 3.14. The van der Waals surface area contributed by atoms with Crippen LogP contribution in [-0.2, 0) is 0 Å². The predicted molar refractivity (Wildman–Crippen MR) is 95.1 cm³/mol. The van der Waals surface area contributed by atoms with Gasteiger partial charge in [-0.15, -0.1) is 0 Å². The molecule has 0 fully saturated rings. The van der Waals surface area contributed by atoms with Crippen LogP contribution in [0, 0.1) is 7.14 Å². The van der Waals surface area contributed by atoms with Gasteiger partial charge in [0.15, 0.2) is 5.11 Å². The van der Waals surface area contributed by atoms with E-state index in [2.05, 4.69) is 74.5 Å². The Bertz CT molecular complexity index is 491. The Balaban J connectivity index is 3.02. The monoisotopic (exact) mass is 487 g/mol. The summed E-state index contributed by atoms with van der Waals surface area (Å²) in [5.74, 6) is 0.768. The zero-order chi connectivity index (χ0) is 13.5. The summed E-state index contributed by atoms with van der Waals surface area (Å²) in [5, 5.41) is 4.06. The first kappa shape index (κ1) is 15.6. The van der Waals surface area contributed by atoms with Crippen LogP contribution in [0.4, 0.5) is 0 Å². The molecule has 0 atom stereocenters. The van der Waals surface area contributed by atoms with Crippen molar-refractivity contribution < 1.29 is 4.74 Å². The van der Waals surface area contributed by atoms with Gasteiger partial charge in [-0.05, 0) is 69.5 Å². The number of nitrogens with one attached hydrogen (secondary N) is 1. The van der Waals surface area contributed by atoms with Crippen LogP contribution in [-0.4, -0.2) is 17.9 Å². The Morgan fingerprint density at radius 1 is 1.56 bits per heavy atom. The maximum absolute atomic E-state index is 5.62. The van der Waals surface area contributed by atoms with E-state index in [0.29, 0.717) is 6.61 Å². The minimum Gasteiger partial charge on any atom is -0.488 e. The van der Waals surface area contributed by atoms with Gasteiger partial charge in [0.25, 0.3) is 0 Å². The van der Waals surface area contributed by atoms with Gasteiger partial charge in [0, 0.05) is 9.13 Å². The molecule has 96 valence electrons. The van der Waals surface area contributed by atoms with E-state index < -0.39 is 0 Å². The van der Waals surface area contributed by atoms with Crippen molar-refractivity contribution in [1.82, 2.24) is 5.43 Å². The fourth-order valence-corrected chi connectivity index (χ4v) is 3.23. The third-order valence-electron chi connectivity index (χ3n) is 1.76. The first-order valence-electron chi connectivity index (χ1n) is 4.86. The van der Waals surface area contributed by atoms with E-state index >= 15 is 0 Å². The van der Waals surface area contributed by atoms with Crippen molar-refractivity contribution in [1.29, 1.82) is 0 Å². The zero-order valence-electron chi connectivity index (χ0n) is 9.32. The number of halogens is 2. The van der Waals surface area contributed by atoms with Gasteiger partial charge in [-0.25, -0.2) is 0 Å². The second-order valence-corrected chi connectivity index (χ2v) is 5.99. The summed E-state index contributed by atoms with van der Waals surface area (Å²) in [6, 6.07) is 3.99. The van der Waals surface area contributed by atoms with Crippen molar-refractivity contribution >= 4 is 68.7 Å². The molecular formula is C11H11I2N3OS. The third-order valence-corrected chi connectivity index (χ3v) is 3.28. The number of benzene rings is 1. The number of hydrogen-bond donors (Lipinski definition) is 2. The fraction of sp³-hybridized carbons (Fsp3) is 0.0909. The number of hydrogen-bond acceptors (Lipinski definition) is 3. The van der Waals surface area contributed by atoms with E-state index in [1.807, 2.05) is 12.1 Å². The molecule has 0 amide bonds. The molecule has 18 heavy (non-hydrogen) atoms. The largest absolute Gasteiger partial charge is 0.488 e. The highest BCUT2D eigenvalue weighted by Gasteiger charge is 2.08. The summed E-state index contributed by atoms with van der Waals surface area (Å²) in [6.45, 7) is 4.07. The maximum atomic E-state index is 5.62. The van der Waals surface area contributed by atoms with Crippen molar-refractivity contribution in [3.63, 3.8) is 0 Å². The van der Waals surface area contributed by atoms with Gasteiger partial charge in [0.1, 0.15) is 12.4 Å². The zero-order valence-corrected chi connectivity index (χ0v) is 14.5. The van der Waals surface area contributed by atoms with Crippen molar-refractivity contribution in [3.8, 4) is 5.75 Å². The van der Waals surface area contributed by atoms with Crippen LogP contribution in [0.3, 0.4) is 0 Å². The molecule has 3 N–H and O–H groups in total. The highest BCUT2D eigenvalue weighted by Crippen LogP contribution is 2.27. The number of hydrazone groups is 1. The van der Waals surface area contributed by atoms with Gasteiger partial charge >= 0.3 is 0 Å². The van der Waals surface area contributed by atoms with Gasteiger partial charge < -0.3 is 10.5 Å². The molecule has 0 bridgehead atoms. The molecule has 0 aliphatic heterocycles. The minimum atomic E-state index is 0.125. The highest BCUT2D eigenvalue weighted by molar-refractivity contribution is 14.1. The molecule has 0 heterocycles. The third kappa shape index (κ3) is 5.06. The molecule has 0 saturated heterocycles. The number of thiocarbonyl (C=S) groups is 1. The second kappa shape index (κ2) is 7.89. The Hall–Kier alpha value is -0.420. The molecule has 0 unspecified atom stereocenters. The fourth-order valence-electron chi connectivity index (χ4n) is 1.14. The molecule has 7 heteroatoms.